The number of carbonyl (C=O) groups excluding carboxylic acids is 1. The van der Waals surface area contributed by atoms with Crippen molar-refractivity contribution < 1.29 is 49.0 Å². The molecule has 0 heterocycles. The number of hydrogen-bond donors (Lipinski definition) is 0. The first kappa shape index (κ1) is 29.0. The molecule has 0 saturated carbocycles. The summed E-state index contributed by atoms with van der Waals surface area (Å²) >= 11 is 0. The van der Waals surface area contributed by atoms with Crippen molar-refractivity contribution in [3.63, 3.8) is 0 Å². The number of benzene rings is 1. The van der Waals surface area contributed by atoms with Gasteiger partial charge in [-0.2, -0.15) is 35.1 Å². The van der Waals surface area contributed by atoms with Crippen molar-refractivity contribution in [1.29, 1.82) is 0 Å². The van der Waals surface area contributed by atoms with E-state index >= 15 is 4.39 Å². The Hall–Kier alpha value is -2.02. The summed E-state index contributed by atoms with van der Waals surface area (Å²) in [6.45, 7) is 4.44. The highest BCUT2D eigenvalue weighted by Gasteiger charge is 2.64. The molecule has 1 aromatic rings. The molecule has 0 aromatic heterocycles. The topological polar surface area (TPSA) is 29.5 Å². The summed E-state index contributed by atoms with van der Waals surface area (Å²) in [4.78, 5) is 13.2. The molecule has 0 fully saturated rings. The average molecular weight is 509 g/mol. The first-order chi connectivity index (χ1) is 14.8. The highest BCUT2D eigenvalue weighted by atomic mass is 28.3. The minimum Gasteiger partial charge on any atom is -0.316 e. The van der Waals surface area contributed by atoms with E-state index in [0.717, 1.165) is 0 Å². The molecule has 1 atom stereocenters. The van der Waals surface area contributed by atoms with Gasteiger partial charge in [-0.3, -0.25) is 4.79 Å². The molecule has 33 heavy (non-hydrogen) atoms. The van der Waals surface area contributed by atoms with Crippen LogP contribution in [0.25, 0.3) is 0 Å². The van der Waals surface area contributed by atoms with Crippen LogP contribution in [0.1, 0.15) is 12.8 Å². The summed E-state index contributed by atoms with van der Waals surface area (Å²) in [7, 11) is -1.95. The van der Waals surface area contributed by atoms with E-state index in [9.17, 15) is 39.9 Å². The number of alkyl halides is 9. The van der Waals surface area contributed by atoms with Gasteiger partial charge in [0.2, 0.25) is 0 Å². The summed E-state index contributed by atoms with van der Waals surface area (Å²) in [5, 5.41) is 0. The normalized spacial score (nSPS) is 15.1. The first-order valence-electron chi connectivity index (χ1n) is 9.68. The number of anilines is 1. The number of halogens is 9. The maximum Gasteiger partial charge on any atom is 0.434 e. The Morgan fingerprint density at radius 3 is 2.03 bits per heavy atom. The zero-order chi connectivity index (χ0) is 25.7. The summed E-state index contributed by atoms with van der Waals surface area (Å²) in [5.41, 5.74) is -3.44. The van der Waals surface area contributed by atoms with Crippen LogP contribution in [-0.2, 0) is 9.53 Å². The van der Waals surface area contributed by atoms with Crippen LogP contribution < -0.4 is 4.90 Å². The van der Waals surface area contributed by atoms with Gasteiger partial charge in [0.15, 0.2) is 0 Å². The second-order valence-electron chi connectivity index (χ2n) is 8.11. The Balaban J connectivity index is 3.24. The number of carbonyl (C=O) groups is 1. The molecule has 1 aromatic carbocycles. The lowest BCUT2D eigenvalue weighted by molar-refractivity contribution is -0.317. The molecule has 0 aliphatic carbocycles. The smallest absolute Gasteiger partial charge is 0.316 e. The minimum absolute atomic E-state index is 0.144. The molecule has 13 heteroatoms. The number of para-hydroxylation sites is 1. The fourth-order valence-electron chi connectivity index (χ4n) is 2.72. The molecule has 0 bridgehead atoms. The number of ether oxygens (including phenoxy) is 1. The van der Waals surface area contributed by atoms with Crippen molar-refractivity contribution >= 4 is 19.7 Å². The van der Waals surface area contributed by atoms with Gasteiger partial charge in [-0.1, -0.05) is 37.3 Å². The van der Waals surface area contributed by atoms with E-state index in [-0.39, 0.29) is 12.1 Å². The van der Waals surface area contributed by atoms with Crippen LogP contribution in [0, 0.1) is 0 Å². The maximum absolute atomic E-state index is 15.1. The van der Waals surface area contributed by atoms with E-state index in [1.165, 1.54) is 30.3 Å². The second-order valence-corrected chi connectivity index (χ2v) is 13.0. The van der Waals surface area contributed by atoms with Crippen molar-refractivity contribution in [1.82, 2.24) is 0 Å². The van der Waals surface area contributed by atoms with Crippen molar-refractivity contribution in [2.24, 2.45) is 0 Å². The lowest BCUT2D eigenvalue weighted by Gasteiger charge is -2.34. The molecule has 1 amide bonds. The second kappa shape index (κ2) is 10.5. The fraction of sp³-hybridized carbons (Fsp3) is 0.550. The third kappa shape index (κ3) is 8.68. The number of hydrogen-bond acceptors (Lipinski definition) is 2. The summed E-state index contributed by atoms with van der Waals surface area (Å²) < 4.78 is 122. The van der Waals surface area contributed by atoms with Gasteiger partial charge in [-0.25, -0.2) is 4.39 Å². The Kier molecular flexibility index (Phi) is 9.22. The van der Waals surface area contributed by atoms with Gasteiger partial charge >= 0.3 is 24.1 Å². The minimum atomic E-state index is -6.04. The van der Waals surface area contributed by atoms with Gasteiger partial charge < -0.3 is 9.64 Å². The highest BCUT2D eigenvalue weighted by Crippen LogP contribution is 2.40. The fourth-order valence-corrected chi connectivity index (χ4v) is 3.99. The third-order valence-electron chi connectivity index (χ3n) is 4.75. The molecule has 0 spiro atoms. The van der Waals surface area contributed by atoms with E-state index in [4.69, 9.17) is 0 Å². The summed E-state index contributed by atoms with van der Waals surface area (Å²) in [6, 6.07) is 7.10. The van der Waals surface area contributed by atoms with Crippen LogP contribution in [0.2, 0.25) is 19.1 Å². The van der Waals surface area contributed by atoms with Crippen LogP contribution in [-0.4, -0.2) is 51.3 Å². The van der Waals surface area contributed by atoms with Gasteiger partial charge in [0.25, 0.3) is 5.91 Å². The van der Waals surface area contributed by atoms with Gasteiger partial charge in [0.05, 0.1) is 8.07 Å². The number of amides is 1. The molecular formula is C20H24F9NO2Si. The molecule has 0 aliphatic rings. The van der Waals surface area contributed by atoms with Crippen LogP contribution >= 0.6 is 0 Å². The van der Waals surface area contributed by atoms with Gasteiger partial charge in [-0.05, 0) is 18.6 Å². The first-order valence-corrected chi connectivity index (χ1v) is 13.0. The third-order valence-corrected chi connectivity index (χ3v) is 7.49. The predicted molar refractivity (Wildman–Crippen MR) is 107 cm³/mol. The van der Waals surface area contributed by atoms with E-state index in [1.54, 1.807) is 5.70 Å². The van der Waals surface area contributed by atoms with Crippen LogP contribution in [0.5, 0.6) is 0 Å². The lowest BCUT2D eigenvalue weighted by Crippen LogP contribution is -2.59. The lowest BCUT2D eigenvalue weighted by atomic mass is 10.0. The van der Waals surface area contributed by atoms with Gasteiger partial charge in [0, 0.05) is 12.2 Å². The monoisotopic (exact) mass is 509 g/mol. The maximum atomic E-state index is 15.1. The predicted octanol–water partition coefficient (Wildman–Crippen LogP) is 6.68. The average Bonchev–Trinajstić information content (AvgIpc) is 2.67. The molecule has 0 N–H and O–H groups in total. The summed E-state index contributed by atoms with van der Waals surface area (Å²) in [5.74, 6) is -2.26. The van der Waals surface area contributed by atoms with Gasteiger partial charge in [0.1, 0.15) is 13.0 Å². The van der Waals surface area contributed by atoms with Crippen LogP contribution in [0.3, 0.4) is 0 Å². The molecule has 0 aliphatic heterocycles. The standard InChI is InChI=1S/C20H24F9NO2Si/c1-4-33(2,3)12-8-11-30(15-9-6-5-7-10-15)16(31)17(21,20(27,28)29)14-32-19(25,26)13-18(22,23)24/h4-7,9-10H,1,8,11-14H2,2-3H3. The SMILES string of the molecule is C=C[Si](C)(C)CCCN(C(=O)C(F)(COC(F)(F)CC(F)(F)F)C(F)(F)F)c1ccccc1. The van der Waals surface area contributed by atoms with Crippen LogP contribution in [0.15, 0.2) is 42.6 Å². The molecule has 1 unspecified atom stereocenters. The molecule has 3 nitrogen and oxygen atoms in total. The number of nitrogens with zero attached hydrogens (tertiary/aromatic N) is 1. The molecule has 0 radical (unpaired) electrons. The molecule has 188 valence electrons. The number of rotatable bonds is 11. The zero-order valence-corrected chi connectivity index (χ0v) is 18.9. The van der Waals surface area contributed by atoms with Crippen LogP contribution in [0.4, 0.5) is 45.2 Å². The van der Waals surface area contributed by atoms with E-state index in [0.29, 0.717) is 10.9 Å². The van der Waals surface area contributed by atoms with Crippen molar-refractivity contribution in [3.8, 4) is 0 Å². The Morgan fingerprint density at radius 2 is 1.58 bits per heavy atom. The Bertz CT molecular complexity index is 797. The largest absolute Gasteiger partial charge is 0.434 e. The van der Waals surface area contributed by atoms with Crippen molar-refractivity contribution in [2.45, 2.75) is 56.1 Å². The Morgan fingerprint density at radius 1 is 1.03 bits per heavy atom. The quantitative estimate of drug-likeness (QED) is 0.246. The molecule has 0 saturated heterocycles. The van der Waals surface area contributed by atoms with E-state index < -0.39 is 57.7 Å². The van der Waals surface area contributed by atoms with E-state index in [2.05, 4.69) is 11.3 Å². The highest BCUT2D eigenvalue weighted by molar-refractivity contribution is 6.82. The Labute approximate surface area is 186 Å². The van der Waals surface area contributed by atoms with Gasteiger partial charge in [-0.15, -0.1) is 12.3 Å². The zero-order valence-electron chi connectivity index (χ0n) is 17.9. The van der Waals surface area contributed by atoms with Crippen molar-refractivity contribution in [2.75, 3.05) is 18.1 Å². The van der Waals surface area contributed by atoms with E-state index in [1.807, 2.05) is 13.1 Å². The summed E-state index contributed by atoms with van der Waals surface area (Å²) in [6.07, 6.45) is -19.5. The molecular weight excluding hydrogens is 485 g/mol. The van der Waals surface area contributed by atoms with Crippen molar-refractivity contribution in [3.05, 3.63) is 42.6 Å². The molecule has 1 rings (SSSR count).